The molecule has 5 amide bonds. The molecule has 0 bridgehead atoms. The number of carbonyl (C=O) groups excluding carboxylic acids is 6. The number of rotatable bonds is 12. The van der Waals surface area contributed by atoms with Crippen LogP contribution in [-0.4, -0.2) is 92.5 Å². The van der Waals surface area contributed by atoms with Crippen molar-refractivity contribution in [3.05, 3.63) is 145 Å². The maximum atomic E-state index is 12.5. The zero-order valence-corrected chi connectivity index (χ0v) is 37.9. The second-order valence-electron chi connectivity index (χ2n) is 15.3. The minimum atomic E-state index is -0.752. The lowest BCUT2D eigenvalue weighted by atomic mass is 10.0. The maximum Gasteiger partial charge on any atom is 0.269 e. The van der Waals surface area contributed by atoms with Gasteiger partial charge in [-0.3, -0.25) is 28.8 Å². The largest absolute Gasteiger partial charge is 0.364 e. The zero-order chi connectivity index (χ0) is 49.6. The second kappa shape index (κ2) is 23.2. The van der Waals surface area contributed by atoms with Gasteiger partial charge in [0.2, 0.25) is 11.1 Å². The van der Waals surface area contributed by atoms with E-state index >= 15 is 0 Å². The predicted octanol–water partition coefficient (Wildman–Crippen LogP) is 3.80. The number of halogens is 1. The molecule has 0 spiro atoms. The molecular weight excluding hydrogens is 908 g/mol. The minimum Gasteiger partial charge on any atom is -0.364 e. The number of nitrogens with one attached hydrogen (secondary N) is 3. The van der Waals surface area contributed by atoms with Crippen molar-refractivity contribution in [1.29, 1.82) is 0 Å². The molecule has 0 aliphatic carbocycles. The van der Waals surface area contributed by atoms with Gasteiger partial charge in [-0.05, 0) is 111 Å². The summed E-state index contributed by atoms with van der Waals surface area (Å²) in [5.74, 6) is 11.7. The lowest BCUT2D eigenvalue weighted by Gasteiger charge is -2.34. The third kappa shape index (κ3) is 12.2. The normalized spacial score (nSPS) is 15.2. The third-order valence-corrected chi connectivity index (χ3v) is 11.0. The van der Waals surface area contributed by atoms with E-state index < -0.39 is 23.1 Å². The molecular formula is C46H49ClN16O6. The number of hydrogen-bond donors (Lipinski definition) is 7. The molecule has 4 aromatic heterocycles. The van der Waals surface area contributed by atoms with E-state index in [2.05, 4.69) is 59.5 Å². The van der Waals surface area contributed by atoms with E-state index in [-0.39, 0.29) is 40.8 Å². The Balaban J connectivity index is 0.000000208. The average Bonchev–Trinajstić information content (AvgIpc) is 3.91. The van der Waals surface area contributed by atoms with Gasteiger partial charge in [0.05, 0.1) is 12.1 Å². The van der Waals surface area contributed by atoms with E-state index in [1.165, 1.54) is 23.1 Å². The summed E-state index contributed by atoms with van der Waals surface area (Å²) in [4.78, 5) is 82.0. The number of primary amides is 2. The van der Waals surface area contributed by atoms with E-state index in [1.807, 2.05) is 0 Å². The number of hydrogen-bond acceptors (Lipinski definition) is 15. The molecule has 0 radical (unpaired) electrons. The molecule has 22 nitrogen and oxygen atoms in total. The van der Waals surface area contributed by atoms with Crippen LogP contribution in [0.15, 0.2) is 111 Å². The van der Waals surface area contributed by atoms with Gasteiger partial charge in [0.1, 0.15) is 17.2 Å². The summed E-state index contributed by atoms with van der Waals surface area (Å²) in [5, 5.41) is 23.3. The van der Waals surface area contributed by atoms with Crippen molar-refractivity contribution in [2.45, 2.75) is 50.6 Å². The van der Waals surface area contributed by atoms with Gasteiger partial charge >= 0.3 is 0 Å². The molecule has 356 valence electrons. The number of aromatic nitrogens is 8. The Hall–Kier alpha value is -8.63. The molecule has 8 rings (SSSR count). The molecule has 6 aromatic rings. The number of allylic oxidation sites excluding steroid dienone is 1. The van der Waals surface area contributed by atoms with Crippen LogP contribution in [0.1, 0.15) is 104 Å². The number of carbonyl (C=O) groups is 6. The van der Waals surface area contributed by atoms with E-state index in [4.69, 9.17) is 34.8 Å². The molecule has 0 saturated carbocycles. The van der Waals surface area contributed by atoms with Gasteiger partial charge in [-0.25, -0.2) is 19.3 Å². The van der Waals surface area contributed by atoms with Crippen LogP contribution >= 0.6 is 11.6 Å². The lowest BCUT2D eigenvalue weighted by Crippen LogP contribution is -2.39. The summed E-state index contributed by atoms with van der Waals surface area (Å²) < 4.78 is 2.43. The highest BCUT2D eigenvalue weighted by Gasteiger charge is 2.33. The molecule has 2 aliphatic heterocycles. The molecule has 2 fully saturated rings. The van der Waals surface area contributed by atoms with Gasteiger partial charge in [-0.15, -0.1) is 10.2 Å². The summed E-state index contributed by atoms with van der Waals surface area (Å²) in [7, 11) is 0. The zero-order valence-electron chi connectivity index (χ0n) is 37.1. The van der Waals surface area contributed by atoms with Crippen molar-refractivity contribution in [1.82, 2.24) is 49.9 Å². The van der Waals surface area contributed by atoms with E-state index in [0.29, 0.717) is 64.2 Å². The van der Waals surface area contributed by atoms with Crippen molar-refractivity contribution in [3.8, 4) is 22.5 Å². The highest BCUT2D eigenvalue weighted by atomic mass is 35.5. The van der Waals surface area contributed by atoms with E-state index in [9.17, 15) is 28.8 Å². The van der Waals surface area contributed by atoms with Crippen LogP contribution in [0.2, 0.25) is 0 Å². The molecule has 2 saturated heterocycles. The molecule has 2 aliphatic rings. The fourth-order valence-electron chi connectivity index (χ4n) is 7.58. The standard InChI is InChI=1S/C23H24N8O3.C20H22N8O2.C3H3ClO/c1-2-18(32)30-13-4-3-6-16(30)22-28-19(20(21(24)33)31(22)25)14-8-10-15(11-9-14)23(34)27-17-7-5-12-26-29-17;21-18(29)17-16(26-19(28(17)22)14-4-1-2-10-23-14)12-6-8-13(9-7-12)20(30)25-15-5-3-11-24-27-15;1-2-3(4)5/h2,5,7-12,16H,1,3-4,6,13,25H2,(H2,24,33)(H,27,29,34);3,5-9,11,14,23H,1-2,4,10,22H2,(H2,21,29)(H,25,27,30);2H,1H2/t16-;14-;/m00./s1. The number of likely N-dealkylation sites (tertiary alicyclic amines) is 1. The summed E-state index contributed by atoms with van der Waals surface area (Å²) in [5.41, 5.74) is 14.0. The Kier molecular flexibility index (Phi) is 16.7. The number of amides is 5. The fourth-order valence-corrected chi connectivity index (χ4v) is 7.58. The second-order valence-corrected chi connectivity index (χ2v) is 15.7. The first-order valence-electron chi connectivity index (χ1n) is 21.4. The molecule has 23 heteroatoms. The van der Waals surface area contributed by atoms with Crippen molar-refractivity contribution < 1.29 is 28.8 Å². The SMILES string of the molecule is C=CC(=O)Cl.C=CC(=O)N1CCCC[C@H]1c1nc(-c2ccc(C(=O)Nc3cccnn3)cc2)c(C(N)=O)n1N.NC(=O)c1c(-c2ccc(C(=O)Nc3cccnn3)cc2)nc([C@@H]2CCCCN2)n1N. The maximum absolute atomic E-state index is 12.5. The molecule has 2 aromatic carbocycles. The number of nitrogens with zero attached hydrogens (tertiary/aromatic N) is 9. The summed E-state index contributed by atoms with van der Waals surface area (Å²) >= 11 is 4.71. The molecule has 6 heterocycles. The van der Waals surface area contributed by atoms with Crippen molar-refractivity contribution >= 4 is 58.0 Å². The summed E-state index contributed by atoms with van der Waals surface area (Å²) in [6.07, 6.45) is 10.7. The van der Waals surface area contributed by atoms with Crippen LogP contribution in [-0.2, 0) is 9.59 Å². The number of nitrogens with two attached hydrogens (primary N) is 4. The average molecular weight is 957 g/mol. The Morgan fingerprint density at radius 2 is 1.14 bits per heavy atom. The first kappa shape index (κ1) is 49.8. The van der Waals surface area contributed by atoms with Crippen LogP contribution in [0.3, 0.4) is 0 Å². The predicted molar refractivity (Wildman–Crippen MR) is 257 cm³/mol. The number of piperidine rings is 2. The monoisotopic (exact) mass is 956 g/mol. The van der Waals surface area contributed by atoms with E-state index in [1.54, 1.807) is 77.7 Å². The summed E-state index contributed by atoms with van der Waals surface area (Å²) in [6.45, 7) is 8.06. The van der Waals surface area contributed by atoms with Crippen LogP contribution in [0.5, 0.6) is 0 Å². The Morgan fingerprint density at radius 1 is 0.667 bits per heavy atom. The number of benzene rings is 2. The van der Waals surface area contributed by atoms with Crippen molar-refractivity contribution in [3.63, 3.8) is 0 Å². The van der Waals surface area contributed by atoms with Crippen LogP contribution < -0.4 is 39.1 Å². The summed E-state index contributed by atoms with van der Waals surface area (Å²) in [6, 6.07) is 19.3. The minimum absolute atomic E-state index is 0.0170. The fraction of sp³-hybridized carbons (Fsp3) is 0.217. The van der Waals surface area contributed by atoms with Crippen molar-refractivity contribution in [2.75, 3.05) is 35.4 Å². The van der Waals surface area contributed by atoms with Crippen LogP contribution in [0.4, 0.5) is 11.6 Å². The molecule has 2 atom stereocenters. The quantitative estimate of drug-likeness (QED) is 0.0521. The van der Waals surface area contributed by atoms with Gasteiger partial charge in [0.25, 0.3) is 23.6 Å². The Bertz CT molecular complexity index is 2830. The van der Waals surface area contributed by atoms with E-state index in [0.717, 1.165) is 49.4 Å². The molecule has 0 unspecified atom stereocenters. The van der Waals surface area contributed by atoms with Gasteiger partial charge in [-0.2, -0.15) is 10.2 Å². The number of nitrogen functional groups attached to an aromatic ring is 2. The number of anilines is 2. The first-order chi connectivity index (χ1) is 33.2. The highest BCUT2D eigenvalue weighted by molar-refractivity contribution is 6.66. The topological polar surface area (TPSA) is 333 Å². The van der Waals surface area contributed by atoms with Gasteiger partial charge in [-0.1, -0.05) is 43.8 Å². The van der Waals surface area contributed by atoms with Gasteiger partial charge < -0.3 is 44.0 Å². The highest BCUT2D eigenvalue weighted by Crippen LogP contribution is 2.34. The smallest absolute Gasteiger partial charge is 0.269 e. The third-order valence-electron chi connectivity index (χ3n) is 10.9. The van der Waals surface area contributed by atoms with Gasteiger partial charge in [0.15, 0.2) is 28.8 Å². The van der Waals surface area contributed by atoms with Crippen molar-refractivity contribution in [2.24, 2.45) is 11.5 Å². The van der Waals surface area contributed by atoms with Crippen LogP contribution in [0.25, 0.3) is 22.5 Å². The first-order valence-corrected chi connectivity index (χ1v) is 21.8. The van der Waals surface area contributed by atoms with Crippen LogP contribution in [0, 0.1) is 0 Å². The molecule has 69 heavy (non-hydrogen) atoms. The molecule has 11 N–H and O–H groups in total. The Morgan fingerprint density at radius 3 is 1.57 bits per heavy atom. The van der Waals surface area contributed by atoms with Gasteiger partial charge in [0, 0.05) is 41.2 Å². The Labute approximate surface area is 400 Å². The number of imidazole rings is 2. The lowest BCUT2D eigenvalue weighted by molar-refractivity contribution is -0.130.